The van der Waals surface area contributed by atoms with E-state index in [4.69, 9.17) is 20.4 Å². The number of aliphatic hydroxyl groups excluding tert-OH is 2. The topological polar surface area (TPSA) is 357 Å². The van der Waals surface area contributed by atoms with Crippen LogP contribution in [-0.4, -0.2) is 67.2 Å². The van der Waals surface area contributed by atoms with E-state index in [2.05, 4.69) is 33.8 Å². The molecule has 6 atom stereocenters. The van der Waals surface area contributed by atoms with Crippen molar-refractivity contribution in [3.63, 3.8) is 0 Å². The molecule has 2 aromatic heterocycles. The Balaban J connectivity index is 0.00000104. The van der Waals surface area contributed by atoms with E-state index >= 15 is 0 Å². The van der Waals surface area contributed by atoms with Crippen LogP contribution in [0.15, 0.2) is 12.7 Å². The number of carboxylic acids is 1. The molecule has 211 valence electrons. The molecule has 0 amide bonds. The number of aliphatic hydroxyl groups is 2. The number of anilines is 1. The van der Waals surface area contributed by atoms with Crippen LogP contribution in [0.5, 0.6) is 0 Å². The monoisotopic (exact) mass is 632 g/mol. The number of aromatic nitrogens is 4. The second-order valence-corrected chi connectivity index (χ2v) is 10.8. The van der Waals surface area contributed by atoms with Crippen LogP contribution in [0.3, 0.4) is 0 Å². The Morgan fingerprint density at radius 3 is 2.22 bits per heavy atom. The predicted molar refractivity (Wildman–Crippen MR) is 101 cm³/mol. The van der Waals surface area contributed by atoms with E-state index in [1.54, 1.807) is 0 Å². The standard InChI is InChI=1S/C10H16N5O13P3.C2H5NO2.Mn/c11-8-5-9(13-2-12-8)15(3-14-5)10-7(17)6(16)4(26-10)1-25-30(21,22)28-31(23,24)27-29(18,19)20;3-1-2(4)5;/h2-4,6-7,10,16-17H,1H2,(H,21,22)(H,23,24)(H2,11,12,13)(H2,18,19,20);1,3H2,(H,4,5);/p-5/t4-,6-,7-,10-;;/m1../s1. The molecule has 6 N–H and O–H groups in total. The summed E-state index contributed by atoms with van der Waals surface area (Å²) >= 11 is 0. The Bertz CT molecular complexity index is 1230. The molecule has 1 fully saturated rings. The Morgan fingerprint density at radius 1 is 1.08 bits per heavy atom. The molecule has 25 heteroatoms. The molecule has 21 nitrogen and oxygen atoms in total. The summed E-state index contributed by atoms with van der Waals surface area (Å²) in [6.07, 6.45) is -3.99. The molecule has 1 saturated heterocycles. The molecule has 1 aliphatic heterocycles. The number of aliphatic carboxylic acids is 1. The SMILES string of the molecule is NCC(=O)[O-].Nc1ncnc2c1ncn2[C@@H]1O[C@H](COP(=O)([O-])OP(=O)([O-])OP(=O)([O-])[O-])[C@@H](O)[C@H]1O.[Mn]. The summed E-state index contributed by atoms with van der Waals surface area (Å²) in [5, 5.41) is 29.5. The number of nitrogens with zero attached hydrogens (tertiary/aromatic N) is 4. The van der Waals surface area contributed by atoms with Gasteiger partial charge in [0.1, 0.15) is 30.2 Å². The summed E-state index contributed by atoms with van der Waals surface area (Å²) < 4.78 is 50.2. The molecule has 0 bridgehead atoms. The van der Waals surface area contributed by atoms with Crippen LogP contribution in [0.4, 0.5) is 5.82 Å². The predicted octanol–water partition coefficient (Wildman–Crippen LogP) is -6.46. The third kappa shape index (κ3) is 9.68. The Labute approximate surface area is 216 Å². The van der Waals surface area contributed by atoms with Crippen LogP contribution in [0.1, 0.15) is 6.23 Å². The van der Waals surface area contributed by atoms with Gasteiger partial charge >= 0.3 is 0 Å². The zero-order chi connectivity index (χ0) is 27.5. The second-order valence-electron chi connectivity index (χ2n) is 6.51. The summed E-state index contributed by atoms with van der Waals surface area (Å²) in [7, 11) is -18.1. The number of hydrogen-bond acceptors (Lipinski definition) is 20. The van der Waals surface area contributed by atoms with Crippen LogP contribution in [-0.2, 0) is 53.4 Å². The van der Waals surface area contributed by atoms with Crippen molar-refractivity contribution in [2.24, 2.45) is 5.73 Å². The first kappa shape index (κ1) is 33.6. The molecule has 3 rings (SSSR count). The van der Waals surface area contributed by atoms with Crippen molar-refractivity contribution in [3.05, 3.63) is 12.7 Å². The first-order valence-corrected chi connectivity index (χ1v) is 13.4. The van der Waals surface area contributed by atoms with Crippen molar-refractivity contribution >= 4 is 46.4 Å². The van der Waals surface area contributed by atoms with Crippen LogP contribution in [0, 0.1) is 0 Å². The van der Waals surface area contributed by atoms with Gasteiger partial charge in [-0.3, -0.25) is 18.0 Å². The number of nitrogen functional groups attached to an aromatic ring is 1. The minimum Gasteiger partial charge on any atom is -0.790 e. The van der Waals surface area contributed by atoms with E-state index in [9.17, 15) is 43.5 Å². The van der Waals surface area contributed by atoms with Crippen molar-refractivity contribution in [1.29, 1.82) is 0 Å². The van der Waals surface area contributed by atoms with Gasteiger partial charge in [-0.05, 0) is 0 Å². The van der Waals surface area contributed by atoms with Gasteiger partial charge in [-0.2, -0.15) is 0 Å². The Kier molecular flexibility index (Phi) is 11.9. The van der Waals surface area contributed by atoms with Crippen molar-refractivity contribution < 1.29 is 88.3 Å². The fraction of sp³-hybridized carbons (Fsp3) is 0.500. The third-order valence-corrected chi connectivity index (χ3v) is 7.63. The van der Waals surface area contributed by atoms with Gasteiger partial charge in [0, 0.05) is 23.6 Å². The van der Waals surface area contributed by atoms with Gasteiger partial charge in [0.2, 0.25) is 0 Å². The molecule has 37 heavy (non-hydrogen) atoms. The van der Waals surface area contributed by atoms with Crippen LogP contribution in [0.25, 0.3) is 11.2 Å². The molecule has 0 aliphatic carbocycles. The number of carbonyl (C=O) groups is 1. The van der Waals surface area contributed by atoms with Gasteiger partial charge in [0.25, 0.3) is 15.6 Å². The molecule has 2 unspecified atom stereocenters. The van der Waals surface area contributed by atoms with E-state index < -0.39 is 60.6 Å². The summed E-state index contributed by atoms with van der Waals surface area (Å²) in [5.41, 5.74) is 10.4. The average molecular weight is 632 g/mol. The molecular formula is C12H16MnN6O15P3-5. The fourth-order valence-corrected chi connectivity index (χ4v) is 5.47. The first-order chi connectivity index (χ1) is 16.5. The minimum atomic E-state index is -6.14. The number of rotatable bonds is 9. The van der Waals surface area contributed by atoms with Gasteiger partial charge < -0.3 is 65.0 Å². The van der Waals surface area contributed by atoms with Gasteiger partial charge in [-0.15, -0.1) is 0 Å². The molecule has 2 aromatic rings. The molecule has 0 aromatic carbocycles. The minimum absolute atomic E-state index is 0. The number of hydrogen-bond donors (Lipinski definition) is 4. The number of phosphoric acid groups is 3. The second kappa shape index (κ2) is 13.1. The van der Waals surface area contributed by atoms with Gasteiger partial charge in [0.05, 0.1) is 26.7 Å². The summed E-state index contributed by atoms with van der Waals surface area (Å²) in [6.45, 7) is -1.47. The van der Waals surface area contributed by atoms with Crippen molar-refractivity contribution in [3.8, 4) is 0 Å². The molecule has 0 spiro atoms. The maximum absolute atomic E-state index is 11.6. The largest absolute Gasteiger partial charge is 0.790 e. The smallest absolute Gasteiger partial charge is 0.278 e. The van der Waals surface area contributed by atoms with Crippen LogP contribution < -0.4 is 36.1 Å². The number of carbonyl (C=O) groups excluding carboxylic acids is 1. The summed E-state index contributed by atoms with van der Waals surface area (Å²) in [6, 6.07) is 0. The zero-order valence-corrected chi connectivity index (χ0v) is 21.6. The normalized spacial score (nSPS) is 24.8. The average Bonchev–Trinajstić information content (AvgIpc) is 3.27. The number of carboxylic acid groups (broad SMARTS) is 1. The number of imidazole rings is 1. The Hall–Kier alpha value is -1.41. The van der Waals surface area contributed by atoms with E-state index in [0.29, 0.717) is 0 Å². The fourth-order valence-electron chi connectivity index (χ4n) is 2.60. The van der Waals surface area contributed by atoms with Crippen LogP contribution >= 0.6 is 23.5 Å². The molecule has 3 heterocycles. The van der Waals surface area contributed by atoms with Crippen LogP contribution in [0.2, 0.25) is 0 Å². The molecule has 1 radical (unpaired) electrons. The molecular weight excluding hydrogens is 616 g/mol. The van der Waals surface area contributed by atoms with Crippen molar-refractivity contribution in [2.45, 2.75) is 24.5 Å². The van der Waals surface area contributed by atoms with Gasteiger partial charge in [-0.1, -0.05) is 0 Å². The summed E-state index contributed by atoms with van der Waals surface area (Å²) in [5.74, 6) is -1.20. The van der Waals surface area contributed by atoms with Crippen molar-refractivity contribution in [2.75, 3.05) is 18.9 Å². The number of fused-ring (bicyclic) bond motifs is 1. The molecule has 0 saturated carbocycles. The van der Waals surface area contributed by atoms with E-state index in [1.165, 1.54) is 4.57 Å². The third-order valence-electron chi connectivity index (χ3n) is 3.96. The molecule has 1 aliphatic rings. The number of nitrogens with two attached hydrogens (primary N) is 2. The Morgan fingerprint density at radius 2 is 1.68 bits per heavy atom. The first-order valence-electron chi connectivity index (χ1n) is 9.02. The number of phosphoric ester groups is 1. The number of ether oxygens (including phenoxy) is 1. The van der Waals surface area contributed by atoms with E-state index in [1.807, 2.05) is 0 Å². The van der Waals surface area contributed by atoms with E-state index in [-0.39, 0.29) is 40.6 Å². The van der Waals surface area contributed by atoms with E-state index in [0.717, 1.165) is 12.7 Å². The maximum atomic E-state index is 11.6. The quantitative estimate of drug-likeness (QED) is 0.147. The zero-order valence-electron chi connectivity index (χ0n) is 17.7. The maximum Gasteiger partial charge on any atom is 0.278 e. The van der Waals surface area contributed by atoms with Gasteiger partial charge in [-0.25, -0.2) is 19.3 Å². The van der Waals surface area contributed by atoms with Gasteiger partial charge in [0.15, 0.2) is 17.7 Å². The summed E-state index contributed by atoms with van der Waals surface area (Å²) in [4.78, 5) is 64.1. The van der Waals surface area contributed by atoms with Crippen molar-refractivity contribution in [1.82, 2.24) is 19.5 Å².